The lowest BCUT2D eigenvalue weighted by atomic mass is 10.1. The summed E-state index contributed by atoms with van der Waals surface area (Å²) >= 11 is 5.38. The molecule has 2 aromatic rings. The minimum atomic E-state index is 0.352. The van der Waals surface area contributed by atoms with Crippen molar-refractivity contribution in [2.45, 2.75) is 26.0 Å². The van der Waals surface area contributed by atoms with Crippen LogP contribution in [-0.4, -0.2) is 7.11 Å². The Morgan fingerprint density at radius 2 is 2.16 bits per heavy atom. The molecule has 102 valence electrons. The van der Waals surface area contributed by atoms with Crippen molar-refractivity contribution in [1.82, 2.24) is 0 Å². The maximum atomic E-state index is 5.29. The van der Waals surface area contributed by atoms with Gasteiger partial charge in [-0.15, -0.1) is 11.3 Å². The van der Waals surface area contributed by atoms with Gasteiger partial charge >= 0.3 is 0 Å². The van der Waals surface area contributed by atoms with Crippen LogP contribution in [0.3, 0.4) is 0 Å². The summed E-state index contributed by atoms with van der Waals surface area (Å²) in [6.45, 7) is 2.80. The van der Waals surface area contributed by atoms with Crippen molar-refractivity contribution in [3.05, 3.63) is 50.6 Å². The third-order valence-electron chi connectivity index (χ3n) is 3.03. The van der Waals surface area contributed by atoms with E-state index < -0.39 is 0 Å². The zero-order chi connectivity index (χ0) is 13.7. The number of nitrogens with one attached hydrogen (secondary N) is 1. The summed E-state index contributed by atoms with van der Waals surface area (Å²) in [6, 6.07) is 10.8. The SMILES string of the molecule is CCC(Nc1cccc(Br)c1COC)c1cccs1. The minimum Gasteiger partial charge on any atom is -0.380 e. The number of anilines is 1. The normalized spacial score (nSPS) is 12.4. The highest BCUT2D eigenvalue weighted by Gasteiger charge is 2.13. The van der Waals surface area contributed by atoms with E-state index in [9.17, 15) is 0 Å². The Morgan fingerprint density at radius 3 is 2.79 bits per heavy atom. The van der Waals surface area contributed by atoms with Crippen molar-refractivity contribution in [1.29, 1.82) is 0 Å². The fraction of sp³-hybridized carbons (Fsp3) is 0.333. The highest BCUT2D eigenvalue weighted by molar-refractivity contribution is 9.10. The zero-order valence-electron chi connectivity index (χ0n) is 11.2. The van der Waals surface area contributed by atoms with Crippen LogP contribution < -0.4 is 5.32 Å². The molecule has 1 atom stereocenters. The number of hydrogen-bond acceptors (Lipinski definition) is 3. The summed E-state index contributed by atoms with van der Waals surface area (Å²) in [4.78, 5) is 1.37. The van der Waals surface area contributed by atoms with Crippen molar-refractivity contribution in [2.24, 2.45) is 0 Å². The molecule has 1 N–H and O–H groups in total. The van der Waals surface area contributed by atoms with Crippen molar-refractivity contribution in [3.63, 3.8) is 0 Å². The highest BCUT2D eigenvalue weighted by atomic mass is 79.9. The van der Waals surface area contributed by atoms with Gasteiger partial charge in [0.15, 0.2) is 0 Å². The number of methoxy groups -OCH3 is 1. The molecule has 0 aliphatic heterocycles. The van der Waals surface area contributed by atoms with Crippen LogP contribution in [-0.2, 0) is 11.3 Å². The van der Waals surface area contributed by atoms with E-state index in [0.29, 0.717) is 12.6 Å². The van der Waals surface area contributed by atoms with Crippen molar-refractivity contribution >= 4 is 33.0 Å². The maximum absolute atomic E-state index is 5.29. The van der Waals surface area contributed by atoms with Crippen LogP contribution in [0.5, 0.6) is 0 Å². The van der Waals surface area contributed by atoms with Gasteiger partial charge in [0.2, 0.25) is 0 Å². The van der Waals surface area contributed by atoms with Crippen LogP contribution in [0.1, 0.15) is 29.8 Å². The molecule has 0 bridgehead atoms. The topological polar surface area (TPSA) is 21.3 Å². The lowest BCUT2D eigenvalue weighted by Crippen LogP contribution is -2.10. The van der Waals surface area contributed by atoms with Crippen LogP contribution in [0.15, 0.2) is 40.2 Å². The van der Waals surface area contributed by atoms with Gasteiger partial charge in [-0.25, -0.2) is 0 Å². The van der Waals surface area contributed by atoms with E-state index in [1.165, 1.54) is 10.4 Å². The maximum Gasteiger partial charge on any atom is 0.0744 e. The van der Waals surface area contributed by atoms with Gasteiger partial charge in [0.05, 0.1) is 12.6 Å². The average molecular weight is 340 g/mol. The first-order valence-electron chi connectivity index (χ1n) is 6.32. The van der Waals surface area contributed by atoms with Crippen molar-refractivity contribution in [2.75, 3.05) is 12.4 Å². The summed E-state index contributed by atoms with van der Waals surface area (Å²) < 4.78 is 6.37. The first kappa shape index (κ1) is 14.6. The molecule has 0 spiro atoms. The Morgan fingerprint density at radius 1 is 1.32 bits per heavy atom. The fourth-order valence-corrected chi connectivity index (χ4v) is 3.38. The molecule has 0 amide bonds. The number of ether oxygens (including phenoxy) is 1. The van der Waals surface area contributed by atoms with Gasteiger partial charge < -0.3 is 10.1 Å². The summed E-state index contributed by atoms with van der Waals surface area (Å²) in [6.07, 6.45) is 1.06. The Hall–Kier alpha value is -0.840. The van der Waals surface area contributed by atoms with Crippen LogP contribution in [0, 0.1) is 0 Å². The number of hydrogen-bond donors (Lipinski definition) is 1. The molecule has 2 rings (SSSR count). The minimum absolute atomic E-state index is 0.352. The quantitative estimate of drug-likeness (QED) is 0.778. The van der Waals surface area contributed by atoms with Crippen LogP contribution in [0.4, 0.5) is 5.69 Å². The molecule has 0 saturated heterocycles. The molecule has 0 radical (unpaired) electrons. The summed E-state index contributed by atoms with van der Waals surface area (Å²) in [5, 5.41) is 5.75. The number of halogens is 1. The molecular weight excluding hydrogens is 322 g/mol. The molecule has 1 heterocycles. The smallest absolute Gasteiger partial charge is 0.0744 e. The average Bonchev–Trinajstić information content (AvgIpc) is 2.93. The van der Waals surface area contributed by atoms with Gasteiger partial charge in [-0.05, 0) is 30.0 Å². The molecular formula is C15H18BrNOS. The monoisotopic (exact) mass is 339 g/mol. The van der Waals surface area contributed by atoms with Gasteiger partial charge in [-0.1, -0.05) is 35.0 Å². The van der Waals surface area contributed by atoms with E-state index in [2.05, 4.69) is 51.7 Å². The van der Waals surface area contributed by atoms with Crippen molar-refractivity contribution in [3.8, 4) is 0 Å². The molecule has 19 heavy (non-hydrogen) atoms. The van der Waals surface area contributed by atoms with Gasteiger partial charge in [-0.3, -0.25) is 0 Å². The Bertz CT molecular complexity index is 513. The molecule has 0 aliphatic rings. The molecule has 0 saturated carbocycles. The number of benzene rings is 1. The lowest BCUT2D eigenvalue weighted by Gasteiger charge is -2.20. The number of thiophene rings is 1. The second-order valence-corrected chi connectivity index (χ2v) is 6.15. The Balaban J connectivity index is 2.24. The standard InChI is InChI=1S/C15H18BrNOS/c1-3-13(15-8-5-9-19-15)17-14-7-4-6-12(16)11(14)10-18-2/h4-9,13,17H,3,10H2,1-2H3. The molecule has 4 heteroatoms. The number of rotatable bonds is 6. The van der Waals surface area contributed by atoms with E-state index in [1.54, 1.807) is 18.4 Å². The van der Waals surface area contributed by atoms with E-state index in [-0.39, 0.29) is 0 Å². The highest BCUT2D eigenvalue weighted by Crippen LogP contribution is 2.31. The predicted molar refractivity (Wildman–Crippen MR) is 85.8 cm³/mol. The van der Waals surface area contributed by atoms with E-state index in [0.717, 1.165) is 16.6 Å². The van der Waals surface area contributed by atoms with E-state index >= 15 is 0 Å². The third kappa shape index (κ3) is 3.59. The first-order chi connectivity index (χ1) is 9.26. The van der Waals surface area contributed by atoms with Crippen molar-refractivity contribution < 1.29 is 4.74 Å². The van der Waals surface area contributed by atoms with Gasteiger partial charge in [0, 0.05) is 27.7 Å². The second-order valence-electron chi connectivity index (χ2n) is 4.32. The Labute approximate surface area is 126 Å². The second kappa shape index (κ2) is 7.08. The third-order valence-corrected chi connectivity index (χ3v) is 4.76. The predicted octanol–water partition coefficient (Wildman–Crippen LogP) is 5.22. The zero-order valence-corrected chi connectivity index (χ0v) is 13.6. The molecule has 0 aliphatic carbocycles. The summed E-state index contributed by atoms with van der Waals surface area (Å²) in [5.41, 5.74) is 2.30. The Kier molecular flexibility index (Phi) is 5.43. The molecule has 2 nitrogen and oxygen atoms in total. The molecule has 1 unspecified atom stereocenters. The van der Waals surface area contributed by atoms with Crippen LogP contribution >= 0.6 is 27.3 Å². The van der Waals surface area contributed by atoms with Crippen LogP contribution in [0.25, 0.3) is 0 Å². The lowest BCUT2D eigenvalue weighted by molar-refractivity contribution is 0.185. The fourth-order valence-electron chi connectivity index (χ4n) is 2.04. The largest absolute Gasteiger partial charge is 0.380 e. The van der Waals surface area contributed by atoms with Gasteiger partial charge in [0.25, 0.3) is 0 Å². The molecule has 1 aromatic heterocycles. The van der Waals surface area contributed by atoms with E-state index in [4.69, 9.17) is 4.74 Å². The van der Waals surface area contributed by atoms with Crippen LogP contribution in [0.2, 0.25) is 0 Å². The van der Waals surface area contributed by atoms with Gasteiger partial charge in [-0.2, -0.15) is 0 Å². The molecule has 0 fully saturated rings. The van der Waals surface area contributed by atoms with E-state index in [1.807, 2.05) is 12.1 Å². The van der Waals surface area contributed by atoms with Gasteiger partial charge in [0.1, 0.15) is 0 Å². The molecule has 1 aromatic carbocycles. The first-order valence-corrected chi connectivity index (χ1v) is 7.99. The summed E-state index contributed by atoms with van der Waals surface area (Å²) in [5.74, 6) is 0. The summed E-state index contributed by atoms with van der Waals surface area (Å²) in [7, 11) is 1.72.